The summed E-state index contributed by atoms with van der Waals surface area (Å²) in [6.45, 7) is 5.57. The van der Waals surface area contributed by atoms with Crippen LogP contribution in [0.5, 0.6) is 0 Å². The monoisotopic (exact) mass is 292 g/mol. The van der Waals surface area contributed by atoms with Gasteiger partial charge in [0.25, 0.3) is 5.91 Å². The van der Waals surface area contributed by atoms with Crippen LogP contribution in [0.2, 0.25) is 0 Å². The van der Waals surface area contributed by atoms with E-state index < -0.39 is 17.8 Å². The van der Waals surface area contributed by atoms with Crippen molar-refractivity contribution in [3.8, 4) is 0 Å². The van der Waals surface area contributed by atoms with Gasteiger partial charge in [-0.05, 0) is 38.8 Å². The van der Waals surface area contributed by atoms with Gasteiger partial charge in [0.15, 0.2) is 0 Å². The third-order valence-electron chi connectivity index (χ3n) is 3.98. The normalized spacial score (nSPS) is 17.9. The second-order valence-electron chi connectivity index (χ2n) is 5.15. The molecule has 1 aliphatic rings. The summed E-state index contributed by atoms with van der Waals surface area (Å²) in [4.78, 5) is 28.2. The topological polar surface area (TPSA) is 40.6 Å². The lowest BCUT2D eigenvalue weighted by Crippen LogP contribution is -2.47. The maximum atomic E-state index is 13.8. The fourth-order valence-electron chi connectivity index (χ4n) is 2.80. The number of amides is 2. The Hall–Kier alpha value is -1.91. The van der Waals surface area contributed by atoms with E-state index in [9.17, 15) is 14.0 Å². The van der Waals surface area contributed by atoms with Gasteiger partial charge in [-0.1, -0.05) is 12.1 Å². The maximum absolute atomic E-state index is 13.8. The van der Waals surface area contributed by atoms with Gasteiger partial charge < -0.3 is 9.80 Å². The first kappa shape index (κ1) is 15.5. The van der Waals surface area contributed by atoms with Crippen LogP contribution in [0.3, 0.4) is 0 Å². The van der Waals surface area contributed by atoms with Gasteiger partial charge in [-0.15, -0.1) is 0 Å². The molecule has 2 rings (SSSR count). The molecule has 1 fully saturated rings. The summed E-state index contributed by atoms with van der Waals surface area (Å²) in [5.74, 6) is -0.971. The van der Waals surface area contributed by atoms with E-state index in [1.165, 1.54) is 17.0 Å². The molecule has 1 aromatic carbocycles. The van der Waals surface area contributed by atoms with Crippen LogP contribution >= 0.6 is 0 Å². The molecule has 0 N–H and O–H groups in total. The molecular weight excluding hydrogens is 271 g/mol. The van der Waals surface area contributed by atoms with Gasteiger partial charge >= 0.3 is 0 Å². The maximum Gasteiger partial charge on any atom is 0.257 e. The summed E-state index contributed by atoms with van der Waals surface area (Å²) < 4.78 is 13.8. The molecule has 5 heteroatoms. The average molecular weight is 292 g/mol. The Morgan fingerprint density at radius 2 is 1.95 bits per heavy atom. The van der Waals surface area contributed by atoms with Crippen LogP contribution in [-0.4, -0.2) is 47.3 Å². The zero-order valence-corrected chi connectivity index (χ0v) is 12.5. The van der Waals surface area contributed by atoms with Gasteiger partial charge in [0.05, 0.1) is 5.56 Å². The fourth-order valence-corrected chi connectivity index (χ4v) is 2.80. The van der Waals surface area contributed by atoms with Crippen molar-refractivity contribution in [3.63, 3.8) is 0 Å². The van der Waals surface area contributed by atoms with Crippen molar-refractivity contribution in [1.82, 2.24) is 9.80 Å². The zero-order chi connectivity index (χ0) is 15.4. The molecule has 0 aliphatic carbocycles. The number of carbonyl (C=O) groups is 2. The third-order valence-corrected chi connectivity index (χ3v) is 3.98. The molecule has 21 heavy (non-hydrogen) atoms. The number of nitrogens with zero attached hydrogens (tertiary/aromatic N) is 2. The van der Waals surface area contributed by atoms with E-state index in [2.05, 4.69) is 0 Å². The average Bonchev–Trinajstić information content (AvgIpc) is 2.97. The van der Waals surface area contributed by atoms with Gasteiger partial charge in [0, 0.05) is 19.6 Å². The molecule has 1 aliphatic heterocycles. The molecule has 1 saturated heterocycles. The smallest absolute Gasteiger partial charge is 0.257 e. The van der Waals surface area contributed by atoms with Crippen molar-refractivity contribution in [2.75, 3.05) is 19.6 Å². The second kappa shape index (κ2) is 6.70. The van der Waals surface area contributed by atoms with Crippen LogP contribution in [0, 0.1) is 5.82 Å². The predicted molar refractivity (Wildman–Crippen MR) is 78.4 cm³/mol. The van der Waals surface area contributed by atoms with Crippen molar-refractivity contribution in [2.45, 2.75) is 32.7 Å². The van der Waals surface area contributed by atoms with Crippen LogP contribution in [0.25, 0.3) is 0 Å². The van der Waals surface area contributed by atoms with E-state index >= 15 is 0 Å². The highest BCUT2D eigenvalue weighted by atomic mass is 19.1. The molecule has 0 radical (unpaired) electrons. The molecule has 0 aromatic heterocycles. The van der Waals surface area contributed by atoms with Gasteiger partial charge in [0.1, 0.15) is 11.9 Å². The molecule has 0 spiro atoms. The van der Waals surface area contributed by atoms with Crippen molar-refractivity contribution < 1.29 is 14.0 Å². The molecule has 1 atom stereocenters. The molecule has 1 aromatic rings. The molecule has 1 heterocycles. The molecule has 114 valence electrons. The number of halogens is 1. The minimum absolute atomic E-state index is 0.0387. The molecule has 0 saturated carbocycles. The minimum atomic E-state index is -0.538. The number of likely N-dealkylation sites (N-methyl/N-ethyl adjacent to an activating group) is 1. The van der Waals surface area contributed by atoms with Crippen LogP contribution in [0.15, 0.2) is 24.3 Å². The van der Waals surface area contributed by atoms with E-state index in [0.717, 1.165) is 6.42 Å². The first-order valence-electron chi connectivity index (χ1n) is 7.44. The number of likely N-dealkylation sites (tertiary alicyclic amines) is 1. The summed E-state index contributed by atoms with van der Waals surface area (Å²) in [5.41, 5.74) is 0.0387. The van der Waals surface area contributed by atoms with Gasteiger partial charge in [-0.2, -0.15) is 0 Å². The van der Waals surface area contributed by atoms with Crippen molar-refractivity contribution >= 4 is 11.8 Å². The SMILES string of the molecule is CCN(CC)C(=O)C1CCCN1C(=O)c1ccccc1F. The van der Waals surface area contributed by atoms with Gasteiger partial charge in [0.2, 0.25) is 5.91 Å². The predicted octanol–water partition coefficient (Wildman–Crippen LogP) is 2.30. The molecular formula is C16H21FN2O2. The Morgan fingerprint density at radius 1 is 1.29 bits per heavy atom. The van der Waals surface area contributed by atoms with E-state index in [4.69, 9.17) is 0 Å². The first-order valence-corrected chi connectivity index (χ1v) is 7.44. The Labute approximate surface area is 124 Å². The van der Waals surface area contributed by atoms with Crippen LogP contribution < -0.4 is 0 Å². The summed E-state index contributed by atoms with van der Waals surface area (Å²) in [6, 6.07) is 5.46. The van der Waals surface area contributed by atoms with E-state index in [1.807, 2.05) is 13.8 Å². The quantitative estimate of drug-likeness (QED) is 0.854. The Bertz CT molecular complexity index is 529. The molecule has 4 nitrogen and oxygen atoms in total. The van der Waals surface area contributed by atoms with E-state index in [1.54, 1.807) is 17.0 Å². The summed E-state index contributed by atoms with van der Waals surface area (Å²) in [6.07, 6.45) is 1.42. The number of carbonyl (C=O) groups excluding carboxylic acids is 2. The summed E-state index contributed by atoms with van der Waals surface area (Å²) >= 11 is 0. The lowest BCUT2D eigenvalue weighted by molar-refractivity contribution is -0.134. The highest BCUT2D eigenvalue weighted by Crippen LogP contribution is 2.23. The lowest BCUT2D eigenvalue weighted by atomic mass is 10.1. The summed E-state index contributed by atoms with van der Waals surface area (Å²) in [5, 5.41) is 0. The zero-order valence-electron chi connectivity index (χ0n) is 12.5. The number of hydrogen-bond donors (Lipinski definition) is 0. The molecule has 1 unspecified atom stereocenters. The van der Waals surface area contributed by atoms with Crippen LogP contribution in [0.1, 0.15) is 37.0 Å². The van der Waals surface area contributed by atoms with E-state index in [0.29, 0.717) is 26.1 Å². The Balaban J connectivity index is 2.21. The molecule has 2 amide bonds. The molecule has 0 bridgehead atoms. The first-order chi connectivity index (χ1) is 10.1. The van der Waals surface area contributed by atoms with Crippen molar-refractivity contribution in [1.29, 1.82) is 0 Å². The van der Waals surface area contributed by atoms with Crippen molar-refractivity contribution in [2.24, 2.45) is 0 Å². The van der Waals surface area contributed by atoms with Gasteiger partial charge in [-0.3, -0.25) is 9.59 Å². The number of benzene rings is 1. The summed E-state index contributed by atoms with van der Waals surface area (Å²) in [7, 11) is 0. The highest BCUT2D eigenvalue weighted by Gasteiger charge is 2.36. The Kier molecular flexibility index (Phi) is 4.94. The third kappa shape index (κ3) is 3.06. The number of rotatable bonds is 4. The van der Waals surface area contributed by atoms with Gasteiger partial charge in [-0.25, -0.2) is 4.39 Å². The van der Waals surface area contributed by atoms with Crippen LogP contribution in [0.4, 0.5) is 4.39 Å². The number of hydrogen-bond acceptors (Lipinski definition) is 2. The lowest BCUT2D eigenvalue weighted by Gasteiger charge is -2.29. The highest BCUT2D eigenvalue weighted by molar-refractivity contribution is 5.98. The fraction of sp³-hybridized carbons (Fsp3) is 0.500. The second-order valence-corrected chi connectivity index (χ2v) is 5.15. The Morgan fingerprint density at radius 3 is 2.57 bits per heavy atom. The van der Waals surface area contributed by atoms with E-state index in [-0.39, 0.29) is 11.5 Å². The minimum Gasteiger partial charge on any atom is -0.341 e. The standard InChI is InChI=1S/C16H21FN2O2/c1-3-18(4-2)16(21)14-10-7-11-19(14)15(20)12-8-5-6-9-13(12)17/h5-6,8-9,14H,3-4,7,10-11H2,1-2H3. The van der Waals surface area contributed by atoms with Crippen LogP contribution in [-0.2, 0) is 4.79 Å². The largest absolute Gasteiger partial charge is 0.341 e. The van der Waals surface area contributed by atoms with Crippen molar-refractivity contribution in [3.05, 3.63) is 35.6 Å².